The second-order valence-corrected chi connectivity index (χ2v) is 6.32. The Morgan fingerprint density at radius 3 is 2.41 bits per heavy atom. The van der Waals surface area contributed by atoms with Crippen molar-refractivity contribution in [3.63, 3.8) is 0 Å². The summed E-state index contributed by atoms with van der Waals surface area (Å²) in [7, 11) is 0. The zero-order valence-corrected chi connectivity index (χ0v) is 12.3. The molecule has 2 heteroatoms. The third kappa shape index (κ3) is 9.20. The highest BCUT2D eigenvalue weighted by molar-refractivity contribution is 5.36. The molecule has 2 unspecified atom stereocenters. The normalized spacial score (nSPS) is 15.4. The minimum Gasteiger partial charge on any atom is -0.468 e. The molecule has 2 atom stereocenters. The Kier molecular flexibility index (Phi) is 8.28. The Bertz CT molecular complexity index is 199. The molecule has 0 rings (SSSR count). The first-order chi connectivity index (χ1) is 7.91. The van der Waals surface area contributed by atoms with Crippen LogP contribution in [-0.4, -0.2) is 13.1 Å². The van der Waals surface area contributed by atoms with Gasteiger partial charge in [-0.3, -0.25) is 4.79 Å². The second kappa shape index (κ2) is 8.54. The highest BCUT2D eigenvalue weighted by Crippen LogP contribution is 2.32. The summed E-state index contributed by atoms with van der Waals surface area (Å²) in [5, 5.41) is 0. The zero-order valence-electron chi connectivity index (χ0n) is 12.3. The summed E-state index contributed by atoms with van der Waals surface area (Å²) >= 11 is 0. The Morgan fingerprint density at radius 1 is 1.24 bits per heavy atom. The highest BCUT2D eigenvalue weighted by atomic mass is 16.5. The minimum atomic E-state index is 0.272. The van der Waals surface area contributed by atoms with Gasteiger partial charge in [-0.25, -0.2) is 0 Å². The van der Waals surface area contributed by atoms with E-state index >= 15 is 0 Å². The first-order valence-electron chi connectivity index (χ1n) is 6.96. The molecule has 102 valence electrons. The van der Waals surface area contributed by atoms with E-state index in [1.165, 1.54) is 25.7 Å². The van der Waals surface area contributed by atoms with Gasteiger partial charge in [-0.1, -0.05) is 47.5 Å². The molecule has 0 aromatic carbocycles. The summed E-state index contributed by atoms with van der Waals surface area (Å²) in [4.78, 5) is 10.1. The van der Waals surface area contributed by atoms with E-state index in [0.717, 1.165) is 18.3 Å². The quantitative estimate of drug-likeness (QED) is 0.418. The third-order valence-corrected chi connectivity index (χ3v) is 3.45. The molecule has 0 saturated carbocycles. The number of carbonyl (C=O) groups is 1. The molecule has 0 heterocycles. The third-order valence-electron chi connectivity index (χ3n) is 3.45. The van der Waals surface area contributed by atoms with Gasteiger partial charge in [0.05, 0.1) is 6.61 Å². The van der Waals surface area contributed by atoms with E-state index in [1.54, 1.807) is 0 Å². The van der Waals surface area contributed by atoms with Crippen LogP contribution in [0, 0.1) is 17.3 Å². The molecule has 17 heavy (non-hydrogen) atoms. The predicted octanol–water partition coefficient (Wildman–Crippen LogP) is 4.43. The van der Waals surface area contributed by atoms with Crippen molar-refractivity contribution in [2.75, 3.05) is 6.61 Å². The number of carbonyl (C=O) groups excluding carboxylic acids is 1. The SMILES string of the molecule is CCCC(C)CC(C)CC(C)(C)CCOC=O. The van der Waals surface area contributed by atoms with Crippen molar-refractivity contribution in [3.05, 3.63) is 0 Å². The lowest BCUT2D eigenvalue weighted by molar-refractivity contribution is -0.129. The van der Waals surface area contributed by atoms with Crippen molar-refractivity contribution in [1.29, 1.82) is 0 Å². The van der Waals surface area contributed by atoms with Gasteiger partial charge >= 0.3 is 0 Å². The van der Waals surface area contributed by atoms with Crippen LogP contribution in [0.25, 0.3) is 0 Å². The number of rotatable bonds is 10. The van der Waals surface area contributed by atoms with Crippen molar-refractivity contribution in [3.8, 4) is 0 Å². The van der Waals surface area contributed by atoms with Crippen LogP contribution in [0.1, 0.15) is 66.7 Å². The lowest BCUT2D eigenvalue weighted by Gasteiger charge is -2.29. The fraction of sp³-hybridized carbons (Fsp3) is 0.933. The molecule has 0 fully saturated rings. The van der Waals surface area contributed by atoms with Gasteiger partial charge in [0.15, 0.2) is 0 Å². The van der Waals surface area contributed by atoms with Gasteiger partial charge in [0.2, 0.25) is 0 Å². The Labute approximate surface area is 107 Å². The van der Waals surface area contributed by atoms with Crippen molar-refractivity contribution in [2.45, 2.75) is 66.7 Å². The maximum Gasteiger partial charge on any atom is 0.293 e. The minimum absolute atomic E-state index is 0.272. The molecular weight excluding hydrogens is 212 g/mol. The second-order valence-electron chi connectivity index (χ2n) is 6.32. The maximum absolute atomic E-state index is 10.1. The summed E-state index contributed by atoms with van der Waals surface area (Å²) in [5.74, 6) is 1.58. The van der Waals surface area contributed by atoms with Crippen LogP contribution in [0.5, 0.6) is 0 Å². The van der Waals surface area contributed by atoms with Crippen molar-refractivity contribution < 1.29 is 9.53 Å². The van der Waals surface area contributed by atoms with Crippen LogP contribution in [-0.2, 0) is 9.53 Å². The molecular formula is C15H30O2. The van der Waals surface area contributed by atoms with Gasteiger partial charge in [0.25, 0.3) is 6.47 Å². The largest absolute Gasteiger partial charge is 0.468 e. The smallest absolute Gasteiger partial charge is 0.293 e. The monoisotopic (exact) mass is 242 g/mol. The molecule has 0 aliphatic carbocycles. The van der Waals surface area contributed by atoms with Crippen molar-refractivity contribution in [1.82, 2.24) is 0 Å². The van der Waals surface area contributed by atoms with Gasteiger partial charge in [-0.05, 0) is 36.5 Å². The maximum atomic E-state index is 10.1. The van der Waals surface area contributed by atoms with Crippen LogP contribution < -0.4 is 0 Å². The van der Waals surface area contributed by atoms with E-state index in [2.05, 4.69) is 34.6 Å². The Hall–Kier alpha value is -0.530. The number of hydrogen-bond acceptors (Lipinski definition) is 2. The summed E-state index contributed by atoms with van der Waals surface area (Å²) in [6, 6.07) is 0. The molecule has 0 radical (unpaired) electrons. The van der Waals surface area contributed by atoms with E-state index in [4.69, 9.17) is 4.74 Å². The van der Waals surface area contributed by atoms with E-state index < -0.39 is 0 Å². The van der Waals surface area contributed by atoms with Gasteiger partial charge in [-0.2, -0.15) is 0 Å². The van der Waals surface area contributed by atoms with Gasteiger partial charge in [0.1, 0.15) is 0 Å². The highest BCUT2D eigenvalue weighted by Gasteiger charge is 2.22. The lowest BCUT2D eigenvalue weighted by atomic mass is 9.78. The molecule has 0 N–H and O–H groups in total. The van der Waals surface area contributed by atoms with Gasteiger partial charge in [-0.15, -0.1) is 0 Å². The number of hydrogen-bond donors (Lipinski definition) is 0. The van der Waals surface area contributed by atoms with E-state index in [1.807, 2.05) is 0 Å². The van der Waals surface area contributed by atoms with E-state index in [9.17, 15) is 4.79 Å². The fourth-order valence-corrected chi connectivity index (χ4v) is 2.81. The van der Waals surface area contributed by atoms with E-state index in [-0.39, 0.29) is 5.41 Å². The van der Waals surface area contributed by atoms with Crippen LogP contribution in [0.15, 0.2) is 0 Å². The summed E-state index contributed by atoms with van der Waals surface area (Å²) in [5.41, 5.74) is 0.272. The van der Waals surface area contributed by atoms with Crippen LogP contribution in [0.4, 0.5) is 0 Å². The fourth-order valence-electron chi connectivity index (χ4n) is 2.81. The molecule has 0 bridgehead atoms. The first kappa shape index (κ1) is 16.5. The van der Waals surface area contributed by atoms with Crippen LogP contribution >= 0.6 is 0 Å². The Balaban J connectivity index is 3.90. The summed E-state index contributed by atoms with van der Waals surface area (Å²) < 4.78 is 4.79. The standard InChI is InChI=1S/C15H30O2/c1-6-7-13(2)10-14(3)11-15(4,5)8-9-17-12-16/h12-14H,6-11H2,1-5H3. The van der Waals surface area contributed by atoms with Crippen molar-refractivity contribution >= 4 is 6.47 Å². The van der Waals surface area contributed by atoms with Crippen molar-refractivity contribution in [2.24, 2.45) is 17.3 Å². The molecule has 2 nitrogen and oxygen atoms in total. The molecule has 0 aromatic rings. The molecule has 0 aliphatic rings. The molecule has 0 aromatic heterocycles. The van der Waals surface area contributed by atoms with Gasteiger partial charge < -0.3 is 4.74 Å². The van der Waals surface area contributed by atoms with E-state index in [0.29, 0.717) is 13.1 Å². The van der Waals surface area contributed by atoms with Gasteiger partial charge in [0, 0.05) is 0 Å². The molecule has 0 saturated heterocycles. The predicted molar refractivity (Wildman–Crippen MR) is 72.9 cm³/mol. The lowest BCUT2D eigenvalue weighted by Crippen LogP contribution is -2.19. The summed E-state index contributed by atoms with van der Waals surface area (Å²) in [6.07, 6.45) is 6.09. The average Bonchev–Trinajstić information content (AvgIpc) is 2.16. The zero-order chi connectivity index (χ0) is 13.3. The topological polar surface area (TPSA) is 26.3 Å². The van der Waals surface area contributed by atoms with Crippen LogP contribution in [0.2, 0.25) is 0 Å². The molecule has 0 amide bonds. The molecule has 0 aliphatic heterocycles. The first-order valence-corrected chi connectivity index (χ1v) is 6.96. The Morgan fingerprint density at radius 2 is 1.88 bits per heavy atom. The van der Waals surface area contributed by atoms with Crippen LogP contribution in [0.3, 0.4) is 0 Å². The number of ether oxygens (including phenoxy) is 1. The summed E-state index contributed by atoms with van der Waals surface area (Å²) in [6.45, 7) is 12.6. The molecule has 0 spiro atoms. The average molecular weight is 242 g/mol.